The van der Waals surface area contributed by atoms with Crippen molar-refractivity contribution in [1.82, 2.24) is 24.5 Å². The van der Waals surface area contributed by atoms with Crippen LogP contribution in [0.15, 0.2) is 67.3 Å². The molecule has 4 rings (SSSR count). The summed E-state index contributed by atoms with van der Waals surface area (Å²) >= 11 is 5.99. The fourth-order valence-corrected chi connectivity index (χ4v) is 3.07. The Balaban J connectivity index is 1.50. The molecular weight excluding hydrogens is 395 g/mol. The van der Waals surface area contributed by atoms with E-state index in [1.165, 1.54) is 18.5 Å². The van der Waals surface area contributed by atoms with Crippen molar-refractivity contribution in [1.29, 1.82) is 0 Å². The van der Waals surface area contributed by atoms with Crippen molar-refractivity contribution in [3.05, 3.63) is 95.0 Å². The normalized spacial score (nSPS) is 10.8. The first-order chi connectivity index (χ1) is 14.1. The average Bonchev–Trinajstić information content (AvgIpc) is 3.39. The molecule has 2 heterocycles. The summed E-state index contributed by atoms with van der Waals surface area (Å²) in [5.74, 6) is -1.40. The lowest BCUT2D eigenvalue weighted by Crippen LogP contribution is -2.16. The minimum atomic E-state index is -0.715. The number of amides is 1. The Morgan fingerprint density at radius 3 is 2.62 bits per heavy atom. The first kappa shape index (κ1) is 18.8. The molecular formula is C20H16ClFN6O. The molecule has 1 N–H and O–H groups in total. The van der Waals surface area contributed by atoms with Gasteiger partial charge in [-0.2, -0.15) is 5.10 Å². The average molecular weight is 411 g/mol. The molecule has 0 saturated carbocycles. The zero-order valence-corrected chi connectivity index (χ0v) is 15.9. The minimum Gasteiger partial charge on any atom is -0.317 e. The van der Waals surface area contributed by atoms with Crippen LogP contribution >= 0.6 is 11.6 Å². The predicted molar refractivity (Wildman–Crippen MR) is 106 cm³/mol. The van der Waals surface area contributed by atoms with Crippen LogP contribution in [0, 0.1) is 5.82 Å². The molecule has 0 fully saturated rings. The van der Waals surface area contributed by atoms with Crippen LogP contribution in [0.4, 0.5) is 10.1 Å². The van der Waals surface area contributed by atoms with Crippen LogP contribution in [-0.4, -0.2) is 30.5 Å². The molecule has 0 aliphatic carbocycles. The molecule has 2 aromatic carbocycles. The van der Waals surface area contributed by atoms with Gasteiger partial charge in [-0.15, -0.1) is 5.10 Å². The number of rotatable bonds is 6. The van der Waals surface area contributed by atoms with Crippen LogP contribution in [0.1, 0.15) is 21.7 Å². The van der Waals surface area contributed by atoms with Crippen molar-refractivity contribution in [2.75, 3.05) is 5.32 Å². The maximum atomic E-state index is 14.4. The highest BCUT2D eigenvalue weighted by Crippen LogP contribution is 2.25. The molecule has 146 valence electrons. The van der Waals surface area contributed by atoms with Gasteiger partial charge in [0.25, 0.3) is 5.91 Å². The van der Waals surface area contributed by atoms with Crippen LogP contribution < -0.4 is 5.32 Å². The Bertz CT molecular complexity index is 1130. The molecule has 0 saturated heterocycles. The van der Waals surface area contributed by atoms with E-state index in [1.54, 1.807) is 27.8 Å². The lowest BCUT2D eigenvalue weighted by atomic mass is 10.2. The predicted octanol–water partition coefficient (Wildman–Crippen LogP) is 3.62. The second kappa shape index (κ2) is 8.24. The van der Waals surface area contributed by atoms with Crippen molar-refractivity contribution in [3.8, 4) is 0 Å². The van der Waals surface area contributed by atoms with E-state index in [4.69, 9.17) is 11.6 Å². The third kappa shape index (κ3) is 4.49. The van der Waals surface area contributed by atoms with Gasteiger partial charge in [-0.25, -0.2) is 14.1 Å². The van der Waals surface area contributed by atoms with E-state index >= 15 is 0 Å². The van der Waals surface area contributed by atoms with Crippen molar-refractivity contribution < 1.29 is 9.18 Å². The van der Waals surface area contributed by atoms with Gasteiger partial charge in [-0.1, -0.05) is 41.9 Å². The molecule has 0 bridgehead atoms. The van der Waals surface area contributed by atoms with Crippen LogP contribution in [-0.2, 0) is 13.1 Å². The van der Waals surface area contributed by atoms with Gasteiger partial charge in [0.1, 0.15) is 6.33 Å². The van der Waals surface area contributed by atoms with E-state index < -0.39 is 11.7 Å². The lowest BCUT2D eigenvalue weighted by Gasteiger charge is -2.10. The number of benzene rings is 2. The molecule has 0 aliphatic heterocycles. The Kier molecular flexibility index (Phi) is 5.35. The van der Waals surface area contributed by atoms with Crippen molar-refractivity contribution in [2.24, 2.45) is 0 Å². The molecule has 0 radical (unpaired) electrons. The second-order valence-electron chi connectivity index (χ2n) is 6.35. The third-order valence-electron chi connectivity index (χ3n) is 4.17. The molecule has 7 nitrogen and oxygen atoms in total. The SMILES string of the molecule is O=C(Nc1cc(Cn2cccn2)cc(Cl)c1F)c1ncn(Cc2ccccc2)n1. The Labute approximate surface area is 170 Å². The van der Waals surface area contributed by atoms with Crippen LogP contribution in [0.5, 0.6) is 0 Å². The number of halogens is 2. The van der Waals surface area contributed by atoms with E-state index in [0.29, 0.717) is 18.7 Å². The topological polar surface area (TPSA) is 77.6 Å². The van der Waals surface area contributed by atoms with E-state index in [9.17, 15) is 9.18 Å². The van der Waals surface area contributed by atoms with Crippen LogP contribution in [0.25, 0.3) is 0 Å². The number of hydrogen-bond acceptors (Lipinski definition) is 4. The highest BCUT2D eigenvalue weighted by Gasteiger charge is 2.17. The first-order valence-electron chi connectivity index (χ1n) is 8.78. The fourth-order valence-electron chi connectivity index (χ4n) is 2.83. The first-order valence-corrected chi connectivity index (χ1v) is 9.16. The van der Waals surface area contributed by atoms with Gasteiger partial charge in [-0.05, 0) is 29.3 Å². The van der Waals surface area contributed by atoms with Gasteiger partial charge < -0.3 is 5.32 Å². The summed E-state index contributed by atoms with van der Waals surface area (Å²) in [6.07, 6.45) is 4.88. The summed E-state index contributed by atoms with van der Waals surface area (Å²) in [6.45, 7) is 0.862. The molecule has 0 unspecified atom stereocenters. The largest absolute Gasteiger partial charge is 0.317 e. The third-order valence-corrected chi connectivity index (χ3v) is 4.44. The number of anilines is 1. The zero-order chi connectivity index (χ0) is 20.2. The van der Waals surface area contributed by atoms with E-state index in [-0.39, 0.29) is 16.5 Å². The highest BCUT2D eigenvalue weighted by molar-refractivity contribution is 6.31. The summed E-state index contributed by atoms with van der Waals surface area (Å²) in [7, 11) is 0. The summed E-state index contributed by atoms with van der Waals surface area (Å²) in [5.41, 5.74) is 1.68. The second-order valence-corrected chi connectivity index (χ2v) is 6.76. The van der Waals surface area contributed by atoms with Gasteiger partial charge in [0, 0.05) is 12.4 Å². The van der Waals surface area contributed by atoms with Crippen molar-refractivity contribution >= 4 is 23.2 Å². The number of hydrogen-bond donors (Lipinski definition) is 1. The van der Waals surface area contributed by atoms with Gasteiger partial charge >= 0.3 is 0 Å². The number of carbonyl (C=O) groups is 1. The fraction of sp³-hybridized carbons (Fsp3) is 0.100. The summed E-state index contributed by atoms with van der Waals surface area (Å²) in [6, 6.07) is 14.5. The molecule has 1 amide bonds. The Morgan fingerprint density at radius 1 is 1.07 bits per heavy atom. The summed E-state index contributed by atoms with van der Waals surface area (Å²) in [4.78, 5) is 16.5. The molecule has 0 atom stereocenters. The highest BCUT2D eigenvalue weighted by atomic mass is 35.5. The van der Waals surface area contributed by atoms with E-state index in [1.807, 2.05) is 30.3 Å². The van der Waals surface area contributed by atoms with Crippen LogP contribution in [0.2, 0.25) is 5.02 Å². The van der Waals surface area contributed by atoms with E-state index in [2.05, 4.69) is 20.5 Å². The molecule has 9 heteroatoms. The maximum absolute atomic E-state index is 14.4. The molecule has 2 aromatic heterocycles. The summed E-state index contributed by atoms with van der Waals surface area (Å²) in [5, 5.41) is 10.7. The quantitative estimate of drug-likeness (QED) is 0.526. The number of nitrogens with one attached hydrogen (secondary N) is 1. The van der Waals surface area contributed by atoms with Gasteiger partial charge in [-0.3, -0.25) is 9.48 Å². The number of aromatic nitrogens is 5. The van der Waals surface area contributed by atoms with Crippen molar-refractivity contribution in [3.63, 3.8) is 0 Å². The van der Waals surface area contributed by atoms with E-state index in [0.717, 1.165) is 5.56 Å². The van der Waals surface area contributed by atoms with Crippen molar-refractivity contribution in [2.45, 2.75) is 13.1 Å². The van der Waals surface area contributed by atoms with Gasteiger partial charge in [0.2, 0.25) is 5.82 Å². The molecule has 0 spiro atoms. The summed E-state index contributed by atoms with van der Waals surface area (Å²) < 4.78 is 17.6. The Hall–Kier alpha value is -3.52. The Morgan fingerprint density at radius 2 is 1.86 bits per heavy atom. The van der Waals surface area contributed by atoms with Crippen LogP contribution in [0.3, 0.4) is 0 Å². The van der Waals surface area contributed by atoms with Gasteiger partial charge in [0.15, 0.2) is 5.82 Å². The molecule has 0 aliphatic rings. The smallest absolute Gasteiger partial charge is 0.295 e. The lowest BCUT2D eigenvalue weighted by molar-refractivity contribution is 0.101. The monoisotopic (exact) mass is 410 g/mol. The zero-order valence-electron chi connectivity index (χ0n) is 15.2. The van der Waals surface area contributed by atoms with Gasteiger partial charge in [0.05, 0.1) is 23.8 Å². The number of carbonyl (C=O) groups excluding carboxylic acids is 1. The maximum Gasteiger partial charge on any atom is 0.295 e. The standard InChI is InChI=1S/C20H16ClFN6O/c21-16-9-15(12-27-8-4-7-24-27)10-17(18(16)22)25-20(29)19-23-13-28(26-19)11-14-5-2-1-3-6-14/h1-10,13H,11-12H2,(H,25,29). The molecule has 29 heavy (non-hydrogen) atoms. The molecule has 4 aromatic rings. The number of nitrogens with zero attached hydrogens (tertiary/aromatic N) is 5. The minimum absolute atomic E-state index is 0.0379.